The molecule has 1 fully saturated rings. The molecule has 142 valence electrons. The summed E-state index contributed by atoms with van der Waals surface area (Å²) in [6, 6.07) is 21.8. The van der Waals surface area contributed by atoms with Gasteiger partial charge in [-0.3, -0.25) is 4.79 Å². The third-order valence-electron chi connectivity index (χ3n) is 5.13. The van der Waals surface area contributed by atoms with Crippen molar-refractivity contribution in [2.75, 3.05) is 18.0 Å². The van der Waals surface area contributed by atoms with Crippen LogP contribution in [-0.4, -0.2) is 23.9 Å². The quantitative estimate of drug-likeness (QED) is 0.568. The van der Waals surface area contributed by atoms with Crippen LogP contribution in [0.2, 0.25) is 5.02 Å². The van der Waals surface area contributed by atoms with Crippen molar-refractivity contribution in [3.05, 3.63) is 82.9 Å². The van der Waals surface area contributed by atoms with Crippen LogP contribution in [0, 0.1) is 0 Å². The number of rotatable bonds is 6. The summed E-state index contributed by atoms with van der Waals surface area (Å²) in [6.45, 7) is 2.18. The molecule has 0 radical (unpaired) electrons. The maximum atomic E-state index is 12.4. The number of aromatic nitrogens is 1. The molecule has 2 heterocycles. The third-order valence-corrected chi connectivity index (χ3v) is 5.38. The Morgan fingerprint density at radius 2 is 1.46 bits per heavy atom. The van der Waals surface area contributed by atoms with E-state index in [0.29, 0.717) is 17.9 Å². The standard InChI is InChI=1S/C24H23ClN2O/c25-21-12-8-19(9-13-21)17-22(28)16-18-6-10-20(11-7-18)23-4-3-5-24(26-23)27-14-1-2-15-27/h3-13H,1-2,14-17H2. The second kappa shape index (κ2) is 8.57. The second-order valence-corrected chi connectivity index (χ2v) is 7.73. The fraction of sp³-hybridized carbons (Fsp3) is 0.250. The van der Waals surface area contributed by atoms with Gasteiger partial charge in [0.2, 0.25) is 0 Å². The molecule has 2 aromatic carbocycles. The van der Waals surface area contributed by atoms with Crippen molar-refractivity contribution in [2.45, 2.75) is 25.7 Å². The van der Waals surface area contributed by atoms with E-state index < -0.39 is 0 Å². The molecular formula is C24H23ClN2O. The molecule has 0 atom stereocenters. The molecule has 4 heteroatoms. The number of hydrogen-bond donors (Lipinski definition) is 0. The highest BCUT2D eigenvalue weighted by Crippen LogP contribution is 2.23. The molecule has 0 spiro atoms. The van der Waals surface area contributed by atoms with Gasteiger partial charge in [0.05, 0.1) is 5.69 Å². The van der Waals surface area contributed by atoms with Crippen molar-refractivity contribution in [3.63, 3.8) is 0 Å². The number of carbonyl (C=O) groups excluding carboxylic acids is 1. The molecule has 0 saturated carbocycles. The van der Waals surface area contributed by atoms with E-state index >= 15 is 0 Å². The van der Waals surface area contributed by atoms with E-state index in [2.05, 4.69) is 29.2 Å². The molecule has 28 heavy (non-hydrogen) atoms. The maximum absolute atomic E-state index is 12.4. The Bertz CT molecular complexity index is 945. The maximum Gasteiger partial charge on any atom is 0.141 e. The van der Waals surface area contributed by atoms with Gasteiger partial charge in [0.25, 0.3) is 0 Å². The van der Waals surface area contributed by atoms with Crippen LogP contribution in [0.15, 0.2) is 66.7 Å². The van der Waals surface area contributed by atoms with Gasteiger partial charge in [-0.25, -0.2) is 4.98 Å². The van der Waals surface area contributed by atoms with Gasteiger partial charge < -0.3 is 4.90 Å². The summed E-state index contributed by atoms with van der Waals surface area (Å²) in [7, 11) is 0. The molecule has 1 aromatic heterocycles. The Labute approximate surface area is 171 Å². The van der Waals surface area contributed by atoms with Gasteiger partial charge in [-0.1, -0.05) is 54.1 Å². The highest BCUT2D eigenvalue weighted by molar-refractivity contribution is 6.30. The molecule has 0 aliphatic carbocycles. The van der Waals surface area contributed by atoms with E-state index in [0.717, 1.165) is 41.3 Å². The molecule has 0 bridgehead atoms. The fourth-order valence-electron chi connectivity index (χ4n) is 3.62. The lowest BCUT2D eigenvalue weighted by Crippen LogP contribution is -2.18. The van der Waals surface area contributed by atoms with E-state index in [1.165, 1.54) is 12.8 Å². The first kappa shape index (κ1) is 18.7. The Morgan fingerprint density at radius 3 is 2.11 bits per heavy atom. The summed E-state index contributed by atoms with van der Waals surface area (Å²) in [5.74, 6) is 1.25. The smallest absolute Gasteiger partial charge is 0.141 e. The number of benzene rings is 2. The number of pyridine rings is 1. The zero-order valence-corrected chi connectivity index (χ0v) is 16.5. The lowest BCUT2D eigenvalue weighted by atomic mass is 10.0. The predicted molar refractivity (Wildman–Crippen MR) is 115 cm³/mol. The molecule has 0 unspecified atom stereocenters. The summed E-state index contributed by atoms with van der Waals surface area (Å²) in [6.07, 6.45) is 3.35. The zero-order valence-electron chi connectivity index (χ0n) is 15.8. The SMILES string of the molecule is O=C(Cc1ccc(Cl)cc1)Cc1ccc(-c2cccc(N3CCCC3)n2)cc1. The normalized spacial score (nSPS) is 13.7. The van der Waals surface area contributed by atoms with E-state index in [1.807, 2.05) is 42.5 Å². The van der Waals surface area contributed by atoms with Crippen LogP contribution >= 0.6 is 11.6 Å². The van der Waals surface area contributed by atoms with Gasteiger partial charge in [-0.15, -0.1) is 0 Å². The second-order valence-electron chi connectivity index (χ2n) is 7.29. The van der Waals surface area contributed by atoms with Crippen molar-refractivity contribution < 1.29 is 4.79 Å². The minimum atomic E-state index is 0.198. The van der Waals surface area contributed by atoms with Crippen LogP contribution in [0.25, 0.3) is 11.3 Å². The number of carbonyl (C=O) groups is 1. The minimum absolute atomic E-state index is 0.198. The van der Waals surface area contributed by atoms with Crippen LogP contribution < -0.4 is 4.90 Å². The number of Topliss-reactive ketones (excluding diaryl/α,β-unsaturated/α-hetero) is 1. The molecule has 4 rings (SSSR count). The summed E-state index contributed by atoms with van der Waals surface area (Å²) >= 11 is 5.90. The molecule has 1 aliphatic heterocycles. The van der Waals surface area contributed by atoms with Gasteiger partial charge >= 0.3 is 0 Å². The lowest BCUT2D eigenvalue weighted by molar-refractivity contribution is -0.117. The fourth-order valence-corrected chi connectivity index (χ4v) is 3.75. The average molecular weight is 391 g/mol. The summed E-state index contributed by atoms with van der Waals surface area (Å²) in [4.78, 5) is 19.5. The molecule has 0 N–H and O–H groups in total. The summed E-state index contributed by atoms with van der Waals surface area (Å²) in [5, 5.41) is 0.689. The summed E-state index contributed by atoms with van der Waals surface area (Å²) < 4.78 is 0. The largest absolute Gasteiger partial charge is 0.357 e. The van der Waals surface area contributed by atoms with Crippen LogP contribution in [0.1, 0.15) is 24.0 Å². The van der Waals surface area contributed by atoms with E-state index in [4.69, 9.17) is 16.6 Å². The van der Waals surface area contributed by atoms with Crippen molar-refractivity contribution in [1.82, 2.24) is 4.98 Å². The molecule has 1 saturated heterocycles. The van der Waals surface area contributed by atoms with Crippen LogP contribution in [-0.2, 0) is 17.6 Å². The highest BCUT2D eigenvalue weighted by Gasteiger charge is 2.14. The van der Waals surface area contributed by atoms with Crippen molar-refractivity contribution in [1.29, 1.82) is 0 Å². The topological polar surface area (TPSA) is 33.2 Å². The van der Waals surface area contributed by atoms with Crippen molar-refractivity contribution in [2.24, 2.45) is 0 Å². The molecule has 3 nitrogen and oxygen atoms in total. The Kier molecular flexibility index (Phi) is 5.73. The molecule has 1 aliphatic rings. The van der Waals surface area contributed by atoms with E-state index in [-0.39, 0.29) is 5.78 Å². The lowest BCUT2D eigenvalue weighted by Gasteiger charge is -2.17. The Hall–Kier alpha value is -2.65. The molecular weight excluding hydrogens is 368 g/mol. The average Bonchev–Trinajstić information content (AvgIpc) is 3.25. The Balaban J connectivity index is 1.41. The molecule has 3 aromatic rings. The number of anilines is 1. The monoisotopic (exact) mass is 390 g/mol. The first-order chi connectivity index (χ1) is 13.7. The van der Waals surface area contributed by atoms with Gasteiger partial charge in [0, 0.05) is 36.5 Å². The zero-order chi connectivity index (χ0) is 19.3. The van der Waals surface area contributed by atoms with E-state index in [1.54, 1.807) is 0 Å². The number of ketones is 1. The van der Waals surface area contributed by atoms with Gasteiger partial charge in [-0.05, 0) is 48.2 Å². The number of hydrogen-bond acceptors (Lipinski definition) is 3. The van der Waals surface area contributed by atoms with Crippen molar-refractivity contribution >= 4 is 23.2 Å². The highest BCUT2D eigenvalue weighted by atomic mass is 35.5. The van der Waals surface area contributed by atoms with E-state index in [9.17, 15) is 4.79 Å². The first-order valence-corrected chi connectivity index (χ1v) is 10.1. The van der Waals surface area contributed by atoms with Crippen LogP contribution in [0.5, 0.6) is 0 Å². The predicted octanol–water partition coefficient (Wildman–Crippen LogP) is 5.36. The third kappa shape index (κ3) is 4.60. The Morgan fingerprint density at radius 1 is 0.857 bits per heavy atom. The van der Waals surface area contributed by atoms with Gasteiger partial charge in [0.15, 0.2) is 0 Å². The summed E-state index contributed by atoms with van der Waals surface area (Å²) in [5.41, 5.74) is 4.07. The molecule has 0 amide bonds. The van der Waals surface area contributed by atoms with Gasteiger partial charge in [-0.2, -0.15) is 0 Å². The number of halogens is 1. The van der Waals surface area contributed by atoms with Crippen LogP contribution in [0.3, 0.4) is 0 Å². The first-order valence-electron chi connectivity index (χ1n) is 9.75. The van der Waals surface area contributed by atoms with Crippen LogP contribution in [0.4, 0.5) is 5.82 Å². The van der Waals surface area contributed by atoms with Gasteiger partial charge in [0.1, 0.15) is 11.6 Å². The van der Waals surface area contributed by atoms with Crippen molar-refractivity contribution in [3.8, 4) is 11.3 Å². The number of nitrogens with zero attached hydrogens (tertiary/aromatic N) is 2. The minimum Gasteiger partial charge on any atom is -0.357 e.